The molecular formula is C18H21ClF4N4O. The minimum absolute atomic E-state index is 0. The van der Waals surface area contributed by atoms with Gasteiger partial charge < -0.3 is 10.6 Å². The average molecular weight is 421 g/mol. The molecule has 3 rings (SSSR count). The number of fused-ring (bicyclic) bond motifs is 1. The van der Waals surface area contributed by atoms with Crippen LogP contribution in [0.3, 0.4) is 0 Å². The number of rotatable bonds is 2. The highest BCUT2D eigenvalue weighted by atomic mass is 35.5. The molecule has 5 nitrogen and oxygen atoms in total. The van der Waals surface area contributed by atoms with Crippen LogP contribution in [0.25, 0.3) is 0 Å². The number of carbonyl (C=O) groups excluding carboxylic acids is 1. The molecule has 2 heterocycles. The van der Waals surface area contributed by atoms with Crippen LogP contribution in [0.5, 0.6) is 0 Å². The molecule has 154 valence electrons. The number of hydrogen-bond donors (Lipinski definition) is 2. The van der Waals surface area contributed by atoms with Crippen molar-refractivity contribution in [2.75, 3.05) is 11.9 Å². The molecule has 0 fully saturated rings. The summed E-state index contributed by atoms with van der Waals surface area (Å²) in [7, 11) is 0. The Balaban J connectivity index is 0.00000280. The quantitative estimate of drug-likeness (QED) is 0.719. The topological polar surface area (TPSA) is 59.0 Å². The summed E-state index contributed by atoms with van der Waals surface area (Å²) in [5.74, 6) is -1.66. The van der Waals surface area contributed by atoms with E-state index in [4.69, 9.17) is 0 Å². The highest BCUT2D eigenvalue weighted by molar-refractivity contribution is 6.05. The molecule has 0 saturated carbocycles. The van der Waals surface area contributed by atoms with Crippen molar-refractivity contribution in [2.45, 2.75) is 45.5 Å². The molecule has 1 aromatic carbocycles. The van der Waals surface area contributed by atoms with Crippen LogP contribution >= 0.6 is 12.4 Å². The molecule has 0 radical (unpaired) electrons. The molecule has 2 N–H and O–H groups in total. The van der Waals surface area contributed by atoms with E-state index in [0.717, 1.165) is 16.4 Å². The molecule has 0 bridgehead atoms. The summed E-state index contributed by atoms with van der Waals surface area (Å²) in [5.41, 5.74) is -1.68. The molecule has 0 unspecified atom stereocenters. The van der Waals surface area contributed by atoms with Gasteiger partial charge >= 0.3 is 6.18 Å². The largest absolute Gasteiger partial charge is 0.433 e. The van der Waals surface area contributed by atoms with Gasteiger partial charge in [-0.15, -0.1) is 12.4 Å². The Bertz CT molecular complexity index is 887. The van der Waals surface area contributed by atoms with Crippen LogP contribution in [0.4, 0.5) is 23.2 Å². The molecule has 1 aliphatic rings. The minimum Gasteiger partial charge on any atom is -0.319 e. The summed E-state index contributed by atoms with van der Waals surface area (Å²) < 4.78 is 56.1. The lowest BCUT2D eigenvalue weighted by Crippen LogP contribution is -2.30. The molecule has 10 heteroatoms. The second-order valence-corrected chi connectivity index (χ2v) is 7.43. The SMILES string of the molecule is CC(C)(C)n1ncc(C(=O)Nc2ccc3c(c2F)CCNC3)c1C(F)(F)F.Cl. The summed E-state index contributed by atoms with van der Waals surface area (Å²) in [4.78, 5) is 12.5. The normalized spacial score (nSPS) is 14.2. The van der Waals surface area contributed by atoms with E-state index >= 15 is 0 Å². The van der Waals surface area contributed by atoms with Gasteiger partial charge in [-0.25, -0.2) is 4.39 Å². The van der Waals surface area contributed by atoms with Crippen LogP contribution in [0, 0.1) is 5.82 Å². The third-order valence-electron chi connectivity index (χ3n) is 4.37. The Labute approximate surface area is 165 Å². The number of nitrogens with one attached hydrogen (secondary N) is 2. The zero-order chi connectivity index (χ0) is 20.0. The van der Waals surface area contributed by atoms with Crippen molar-refractivity contribution in [2.24, 2.45) is 0 Å². The molecule has 1 aromatic heterocycles. The standard InChI is InChI=1S/C18H20F4N4O.ClH/c1-17(2,3)26-15(18(20,21)22)12(9-24-26)16(27)25-13-5-4-10-8-23-7-6-11(10)14(13)19;/h4-5,9,23H,6-8H2,1-3H3,(H,25,27);1H. The lowest BCUT2D eigenvalue weighted by Gasteiger charge is -2.24. The lowest BCUT2D eigenvalue weighted by atomic mass is 9.99. The smallest absolute Gasteiger partial charge is 0.319 e. The van der Waals surface area contributed by atoms with E-state index in [1.54, 1.807) is 26.8 Å². The Morgan fingerprint density at radius 1 is 1.25 bits per heavy atom. The number of aromatic nitrogens is 2. The van der Waals surface area contributed by atoms with E-state index < -0.39 is 34.7 Å². The first-order valence-corrected chi connectivity index (χ1v) is 8.48. The minimum atomic E-state index is -4.78. The first-order valence-electron chi connectivity index (χ1n) is 8.48. The van der Waals surface area contributed by atoms with Gasteiger partial charge in [0.25, 0.3) is 5.91 Å². The predicted octanol–water partition coefficient (Wildman–Crippen LogP) is 4.12. The Morgan fingerprint density at radius 3 is 2.54 bits per heavy atom. The van der Waals surface area contributed by atoms with E-state index in [1.807, 2.05) is 0 Å². The number of hydrogen-bond acceptors (Lipinski definition) is 3. The van der Waals surface area contributed by atoms with Crippen molar-refractivity contribution in [3.63, 3.8) is 0 Å². The number of carbonyl (C=O) groups is 1. The number of amides is 1. The van der Waals surface area contributed by atoms with Gasteiger partial charge in [0.05, 0.1) is 23.0 Å². The second-order valence-electron chi connectivity index (χ2n) is 7.43. The van der Waals surface area contributed by atoms with Crippen LogP contribution in [-0.4, -0.2) is 22.2 Å². The van der Waals surface area contributed by atoms with Crippen LogP contribution in [-0.2, 0) is 24.7 Å². The summed E-state index contributed by atoms with van der Waals surface area (Å²) in [5, 5.41) is 9.11. The highest BCUT2D eigenvalue weighted by Crippen LogP contribution is 2.35. The molecule has 0 aliphatic carbocycles. The van der Waals surface area contributed by atoms with Crippen molar-refractivity contribution < 1.29 is 22.4 Å². The fourth-order valence-corrected chi connectivity index (χ4v) is 3.12. The molecule has 0 atom stereocenters. The van der Waals surface area contributed by atoms with E-state index in [0.29, 0.717) is 25.1 Å². The van der Waals surface area contributed by atoms with Crippen molar-refractivity contribution in [3.05, 3.63) is 46.5 Å². The van der Waals surface area contributed by atoms with Gasteiger partial charge in [-0.05, 0) is 50.9 Å². The van der Waals surface area contributed by atoms with Crippen LogP contribution < -0.4 is 10.6 Å². The predicted molar refractivity (Wildman–Crippen MR) is 99.2 cm³/mol. The summed E-state index contributed by atoms with van der Waals surface area (Å²) in [6, 6.07) is 3.02. The summed E-state index contributed by atoms with van der Waals surface area (Å²) in [6.45, 7) is 5.76. The molecule has 1 aliphatic heterocycles. The third-order valence-corrected chi connectivity index (χ3v) is 4.37. The monoisotopic (exact) mass is 420 g/mol. The number of halogens is 5. The van der Waals surface area contributed by atoms with E-state index in [9.17, 15) is 22.4 Å². The van der Waals surface area contributed by atoms with Gasteiger partial charge in [0.2, 0.25) is 0 Å². The van der Waals surface area contributed by atoms with Crippen LogP contribution in [0.1, 0.15) is 48.0 Å². The summed E-state index contributed by atoms with van der Waals surface area (Å²) in [6.07, 6.45) is -3.47. The maximum atomic E-state index is 14.7. The zero-order valence-electron chi connectivity index (χ0n) is 15.6. The van der Waals surface area contributed by atoms with Gasteiger partial charge in [0.1, 0.15) is 5.82 Å². The first-order chi connectivity index (χ1) is 12.5. The van der Waals surface area contributed by atoms with Crippen LogP contribution in [0.2, 0.25) is 0 Å². The van der Waals surface area contributed by atoms with Gasteiger partial charge in [0.15, 0.2) is 5.69 Å². The van der Waals surface area contributed by atoms with Crippen molar-refractivity contribution in [1.82, 2.24) is 15.1 Å². The number of nitrogens with zero attached hydrogens (tertiary/aromatic N) is 2. The Morgan fingerprint density at radius 2 is 1.93 bits per heavy atom. The van der Waals surface area contributed by atoms with Gasteiger partial charge in [-0.2, -0.15) is 18.3 Å². The second kappa shape index (κ2) is 7.71. The zero-order valence-corrected chi connectivity index (χ0v) is 16.4. The number of anilines is 1. The van der Waals surface area contributed by atoms with Crippen LogP contribution in [0.15, 0.2) is 18.3 Å². The first kappa shape index (κ1) is 22.2. The molecule has 2 aromatic rings. The molecular weight excluding hydrogens is 400 g/mol. The fraction of sp³-hybridized carbons (Fsp3) is 0.444. The highest BCUT2D eigenvalue weighted by Gasteiger charge is 2.42. The van der Waals surface area contributed by atoms with Gasteiger partial charge in [-0.1, -0.05) is 6.07 Å². The lowest BCUT2D eigenvalue weighted by molar-refractivity contribution is -0.146. The Hall–Kier alpha value is -2.13. The third kappa shape index (κ3) is 4.15. The maximum Gasteiger partial charge on any atom is 0.433 e. The molecule has 28 heavy (non-hydrogen) atoms. The molecule has 1 amide bonds. The number of benzene rings is 1. The maximum absolute atomic E-state index is 14.7. The molecule has 0 saturated heterocycles. The average Bonchev–Trinajstić information content (AvgIpc) is 3.03. The Kier molecular flexibility index (Phi) is 6.10. The van der Waals surface area contributed by atoms with Gasteiger partial charge in [-0.3, -0.25) is 9.48 Å². The van der Waals surface area contributed by atoms with E-state index in [2.05, 4.69) is 15.7 Å². The van der Waals surface area contributed by atoms with Gasteiger partial charge in [0, 0.05) is 6.54 Å². The van der Waals surface area contributed by atoms with Crippen molar-refractivity contribution in [1.29, 1.82) is 0 Å². The number of alkyl halides is 3. The molecule has 0 spiro atoms. The van der Waals surface area contributed by atoms with E-state index in [1.165, 1.54) is 6.07 Å². The fourth-order valence-electron chi connectivity index (χ4n) is 3.12. The summed E-state index contributed by atoms with van der Waals surface area (Å²) >= 11 is 0. The van der Waals surface area contributed by atoms with E-state index in [-0.39, 0.29) is 18.1 Å². The van der Waals surface area contributed by atoms with Crippen molar-refractivity contribution in [3.8, 4) is 0 Å². The van der Waals surface area contributed by atoms with Crippen molar-refractivity contribution >= 4 is 24.0 Å².